The average molecular weight is 305 g/mol. The maximum absolute atomic E-state index is 9.40. The van der Waals surface area contributed by atoms with E-state index < -0.39 is 5.54 Å². The third kappa shape index (κ3) is 6.54. The molecule has 0 aliphatic carbocycles. The van der Waals surface area contributed by atoms with Crippen molar-refractivity contribution in [2.45, 2.75) is 64.0 Å². The first-order chi connectivity index (χ1) is 9.88. The van der Waals surface area contributed by atoms with Gasteiger partial charge in [-0.05, 0) is 45.7 Å². The van der Waals surface area contributed by atoms with Gasteiger partial charge in [0.25, 0.3) is 0 Å². The van der Waals surface area contributed by atoms with Crippen molar-refractivity contribution in [2.24, 2.45) is 0 Å². The molecule has 0 bridgehead atoms. The fraction of sp³-hybridized carbons (Fsp3) is 0.611. The maximum atomic E-state index is 9.40. The van der Waals surface area contributed by atoms with Crippen LogP contribution in [0.5, 0.6) is 0 Å². The Balaban J connectivity index is 2.53. The van der Waals surface area contributed by atoms with E-state index in [0.717, 1.165) is 25.1 Å². The second-order valence-electron chi connectivity index (χ2n) is 6.19. The zero-order valence-corrected chi connectivity index (χ0v) is 14.8. The fourth-order valence-electron chi connectivity index (χ4n) is 2.58. The predicted octanol–water partition coefficient (Wildman–Crippen LogP) is 4.60. The molecule has 0 aliphatic heterocycles. The van der Waals surface area contributed by atoms with E-state index >= 15 is 0 Å². The molecule has 0 aliphatic rings. The summed E-state index contributed by atoms with van der Waals surface area (Å²) in [6.07, 6.45) is 1.93. The number of nitriles is 1. The van der Waals surface area contributed by atoms with Gasteiger partial charge in [0.2, 0.25) is 0 Å². The zero-order chi connectivity index (χ0) is 15.9. The van der Waals surface area contributed by atoms with Gasteiger partial charge in [-0.1, -0.05) is 43.2 Å². The normalized spacial score (nSPS) is 15.2. The molecule has 2 atom stereocenters. The lowest BCUT2D eigenvalue weighted by atomic mass is 9.98. The highest BCUT2D eigenvalue weighted by Gasteiger charge is 2.25. The largest absolute Gasteiger partial charge is 0.300 e. The van der Waals surface area contributed by atoms with Gasteiger partial charge in [-0.25, -0.2) is 0 Å². The van der Waals surface area contributed by atoms with Gasteiger partial charge in [-0.3, -0.25) is 5.32 Å². The standard InChI is InChI=1S/C18H28N2S/c1-6-7-20-18(5,13-19)11-16(4)21-12-17-9-14(2)8-15(3)10-17/h8-10,16,20H,6-7,11-12H2,1-5H3. The summed E-state index contributed by atoms with van der Waals surface area (Å²) in [6, 6.07) is 9.15. The summed E-state index contributed by atoms with van der Waals surface area (Å²) in [5.41, 5.74) is 3.62. The number of aryl methyl sites for hydroxylation is 2. The van der Waals surface area contributed by atoms with Gasteiger partial charge in [0.1, 0.15) is 5.54 Å². The van der Waals surface area contributed by atoms with E-state index in [2.05, 4.69) is 57.3 Å². The second kappa shape index (κ2) is 8.46. The van der Waals surface area contributed by atoms with Crippen LogP contribution in [0.3, 0.4) is 0 Å². The van der Waals surface area contributed by atoms with Gasteiger partial charge in [0.15, 0.2) is 0 Å². The van der Waals surface area contributed by atoms with E-state index in [1.807, 2.05) is 18.7 Å². The fourth-order valence-corrected chi connectivity index (χ4v) is 3.68. The first-order valence-electron chi connectivity index (χ1n) is 7.73. The molecule has 0 heterocycles. The van der Waals surface area contributed by atoms with Crippen molar-refractivity contribution in [3.8, 4) is 6.07 Å². The third-order valence-electron chi connectivity index (χ3n) is 3.52. The van der Waals surface area contributed by atoms with Crippen molar-refractivity contribution in [1.29, 1.82) is 5.26 Å². The van der Waals surface area contributed by atoms with Gasteiger partial charge in [-0.2, -0.15) is 17.0 Å². The molecule has 1 aromatic rings. The second-order valence-corrected chi connectivity index (χ2v) is 7.62. The molecule has 1 aromatic carbocycles. The van der Waals surface area contributed by atoms with Gasteiger partial charge < -0.3 is 0 Å². The number of hydrogen-bond acceptors (Lipinski definition) is 3. The molecule has 116 valence electrons. The van der Waals surface area contributed by atoms with E-state index in [0.29, 0.717) is 5.25 Å². The highest BCUT2D eigenvalue weighted by atomic mass is 32.2. The summed E-state index contributed by atoms with van der Waals surface area (Å²) in [6.45, 7) is 11.5. The van der Waals surface area contributed by atoms with Crippen LogP contribution in [0.1, 0.15) is 50.3 Å². The van der Waals surface area contributed by atoms with E-state index in [1.54, 1.807) is 0 Å². The van der Waals surface area contributed by atoms with Crippen LogP contribution in [0.25, 0.3) is 0 Å². The number of hydrogen-bond donors (Lipinski definition) is 1. The van der Waals surface area contributed by atoms with Crippen LogP contribution in [-0.2, 0) is 5.75 Å². The third-order valence-corrected chi connectivity index (χ3v) is 4.76. The van der Waals surface area contributed by atoms with Gasteiger partial charge in [0, 0.05) is 11.0 Å². The van der Waals surface area contributed by atoms with Crippen LogP contribution < -0.4 is 5.32 Å². The Bertz CT molecular complexity index is 472. The van der Waals surface area contributed by atoms with Crippen LogP contribution in [0.4, 0.5) is 0 Å². The monoisotopic (exact) mass is 304 g/mol. The number of nitrogens with zero attached hydrogens (tertiary/aromatic N) is 1. The first kappa shape index (κ1) is 18.1. The van der Waals surface area contributed by atoms with Gasteiger partial charge >= 0.3 is 0 Å². The molecule has 2 unspecified atom stereocenters. The Labute approximate surface area is 134 Å². The highest BCUT2D eigenvalue weighted by Crippen LogP contribution is 2.25. The predicted molar refractivity (Wildman–Crippen MR) is 93.6 cm³/mol. The molecule has 0 amide bonds. The number of rotatable bonds is 8. The Morgan fingerprint density at radius 1 is 1.29 bits per heavy atom. The zero-order valence-electron chi connectivity index (χ0n) is 14.0. The molecular formula is C18H28N2S. The van der Waals surface area contributed by atoms with Crippen LogP contribution in [0.2, 0.25) is 0 Å². The molecule has 1 rings (SSSR count). The van der Waals surface area contributed by atoms with Crippen molar-refractivity contribution in [1.82, 2.24) is 5.32 Å². The molecule has 21 heavy (non-hydrogen) atoms. The molecule has 2 nitrogen and oxygen atoms in total. The van der Waals surface area contributed by atoms with Crippen molar-refractivity contribution in [3.63, 3.8) is 0 Å². The molecule has 0 saturated carbocycles. The minimum absolute atomic E-state index is 0.412. The van der Waals surface area contributed by atoms with Crippen molar-refractivity contribution in [2.75, 3.05) is 6.54 Å². The Kier molecular flexibility index (Phi) is 7.28. The summed E-state index contributed by atoms with van der Waals surface area (Å²) < 4.78 is 0. The lowest BCUT2D eigenvalue weighted by molar-refractivity contribution is 0.418. The van der Waals surface area contributed by atoms with Crippen LogP contribution in [-0.4, -0.2) is 17.3 Å². The number of thioether (sulfide) groups is 1. The van der Waals surface area contributed by atoms with E-state index in [-0.39, 0.29) is 0 Å². The molecule has 0 aromatic heterocycles. The Hall–Kier alpha value is -0.980. The molecule has 1 N–H and O–H groups in total. The molecule has 0 saturated heterocycles. The SMILES string of the molecule is CCCNC(C)(C#N)CC(C)SCc1cc(C)cc(C)c1. The molecular weight excluding hydrogens is 276 g/mol. The Morgan fingerprint density at radius 2 is 1.90 bits per heavy atom. The van der Waals surface area contributed by atoms with E-state index in [1.165, 1.54) is 16.7 Å². The summed E-state index contributed by atoms with van der Waals surface area (Å²) in [4.78, 5) is 0. The summed E-state index contributed by atoms with van der Waals surface area (Å²) in [5, 5.41) is 13.2. The lowest BCUT2D eigenvalue weighted by Crippen LogP contribution is -2.43. The summed E-state index contributed by atoms with van der Waals surface area (Å²) >= 11 is 1.93. The van der Waals surface area contributed by atoms with Crippen molar-refractivity contribution in [3.05, 3.63) is 34.9 Å². The smallest absolute Gasteiger partial charge is 0.104 e. The first-order valence-corrected chi connectivity index (χ1v) is 8.78. The molecule has 3 heteroatoms. The summed E-state index contributed by atoms with van der Waals surface area (Å²) in [5.74, 6) is 1.01. The maximum Gasteiger partial charge on any atom is 0.104 e. The topological polar surface area (TPSA) is 35.8 Å². The van der Waals surface area contributed by atoms with Crippen molar-refractivity contribution >= 4 is 11.8 Å². The molecule has 0 fully saturated rings. The minimum Gasteiger partial charge on any atom is -0.300 e. The van der Waals surface area contributed by atoms with Gasteiger partial charge in [0.05, 0.1) is 6.07 Å². The van der Waals surface area contributed by atoms with E-state index in [4.69, 9.17) is 0 Å². The highest BCUT2D eigenvalue weighted by molar-refractivity contribution is 7.99. The Morgan fingerprint density at radius 3 is 2.43 bits per heavy atom. The number of nitrogens with one attached hydrogen (secondary N) is 1. The quantitative estimate of drug-likeness (QED) is 0.762. The molecule has 0 radical (unpaired) electrons. The molecule has 0 spiro atoms. The van der Waals surface area contributed by atoms with Gasteiger partial charge in [-0.15, -0.1) is 0 Å². The summed E-state index contributed by atoms with van der Waals surface area (Å²) in [7, 11) is 0. The average Bonchev–Trinajstić information content (AvgIpc) is 2.42. The van der Waals surface area contributed by atoms with Crippen LogP contribution in [0.15, 0.2) is 18.2 Å². The van der Waals surface area contributed by atoms with Crippen LogP contribution >= 0.6 is 11.8 Å². The van der Waals surface area contributed by atoms with Crippen molar-refractivity contribution < 1.29 is 0 Å². The lowest BCUT2D eigenvalue weighted by Gasteiger charge is -2.26. The van der Waals surface area contributed by atoms with E-state index in [9.17, 15) is 5.26 Å². The number of benzene rings is 1. The minimum atomic E-state index is -0.412. The van der Waals surface area contributed by atoms with Crippen LogP contribution in [0, 0.1) is 25.2 Å².